The van der Waals surface area contributed by atoms with Gasteiger partial charge < -0.3 is 15.4 Å². The number of H-pyrrole nitrogens is 1. The van der Waals surface area contributed by atoms with Crippen molar-refractivity contribution in [1.29, 1.82) is 0 Å². The molecule has 0 fully saturated rings. The number of rotatable bonds is 5. The average Bonchev–Trinajstić information content (AvgIpc) is 3.19. The van der Waals surface area contributed by atoms with Gasteiger partial charge in [-0.05, 0) is 77.9 Å². The lowest BCUT2D eigenvalue weighted by Crippen LogP contribution is -2.13. The third-order valence-electron chi connectivity index (χ3n) is 5.96. The molecule has 0 radical (unpaired) electrons. The number of amides is 1. The molecule has 4 rings (SSSR count). The number of carbonyl (C=O) groups is 2. The molecular formula is C29H29N3O3. The number of anilines is 1. The maximum absolute atomic E-state index is 12.9. The number of hydrogen-bond donors (Lipinski definition) is 3. The Labute approximate surface area is 204 Å². The molecule has 35 heavy (non-hydrogen) atoms. The Hall–Kier alpha value is -4.19. The molecule has 3 N–H and O–H groups in total. The molecule has 6 nitrogen and oxygen atoms in total. The van der Waals surface area contributed by atoms with Gasteiger partial charge in [-0.15, -0.1) is 0 Å². The first-order chi connectivity index (χ1) is 16.5. The number of nitrogens with zero attached hydrogens (tertiary/aromatic N) is 1. The Balaban J connectivity index is 1.59. The highest BCUT2D eigenvalue weighted by Gasteiger charge is 2.15. The average molecular weight is 468 g/mol. The summed E-state index contributed by atoms with van der Waals surface area (Å²) >= 11 is 0. The van der Waals surface area contributed by atoms with Crippen LogP contribution in [0.4, 0.5) is 5.69 Å². The number of aliphatic carboxylic acids is 1. The van der Waals surface area contributed by atoms with E-state index in [9.17, 15) is 9.59 Å². The lowest BCUT2D eigenvalue weighted by atomic mass is 9.87. The molecular weight excluding hydrogens is 438 g/mol. The van der Waals surface area contributed by atoms with E-state index in [-0.39, 0.29) is 11.3 Å². The number of hydrogen-bond acceptors (Lipinski definition) is 3. The number of nitrogens with one attached hydrogen (secondary N) is 2. The number of benzene rings is 3. The zero-order chi connectivity index (χ0) is 25.3. The van der Waals surface area contributed by atoms with Gasteiger partial charge in [0, 0.05) is 22.9 Å². The van der Waals surface area contributed by atoms with Crippen LogP contribution in [-0.4, -0.2) is 27.0 Å². The smallest absolute Gasteiger partial charge is 0.328 e. The standard InChI is InChI=1S/C29H29N3O3/c1-17-14-19(6-13-25(33)34)15-18(2)26(17)27-31-23-12-7-20(16-24(23)32-27)28(35)30-22-10-8-21(9-11-22)29(3,4)5/h6-16H,1-5H3,(H,30,35)(H,31,32)(H,33,34)/b13-6+. The lowest BCUT2D eigenvalue weighted by molar-refractivity contribution is -0.131. The minimum Gasteiger partial charge on any atom is -0.478 e. The van der Waals surface area contributed by atoms with Gasteiger partial charge in [0.25, 0.3) is 5.91 Å². The zero-order valence-corrected chi connectivity index (χ0v) is 20.6. The second kappa shape index (κ2) is 9.22. The van der Waals surface area contributed by atoms with Crippen molar-refractivity contribution >= 4 is 34.7 Å². The highest BCUT2D eigenvalue weighted by atomic mass is 16.4. The molecule has 1 heterocycles. The summed E-state index contributed by atoms with van der Waals surface area (Å²) in [6.45, 7) is 10.4. The maximum Gasteiger partial charge on any atom is 0.328 e. The molecule has 178 valence electrons. The van der Waals surface area contributed by atoms with Gasteiger partial charge in [0.2, 0.25) is 0 Å². The Morgan fingerprint density at radius 1 is 0.971 bits per heavy atom. The second-order valence-corrected chi connectivity index (χ2v) is 9.80. The van der Waals surface area contributed by atoms with E-state index in [1.54, 1.807) is 18.2 Å². The second-order valence-electron chi connectivity index (χ2n) is 9.80. The van der Waals surface area contributed by atoms with Crippen molar-refractivity contribution < 1.29 is 14.7 Å². The van der Waals surface area contributed by atoms with E-state index in [1.807, 2.05) is 56.3 Å². The number of aromatic amines is 1. The Bertz CT molecular complexity index is 1430. The first-order valence-electron chi connectivity index (χ1n) is 11.5. The molecule has 0 atom stereocenters. The summed E-state index contributed by atoms with van der Waals surface area (Å²) in [4.78, 5) is 31.8. The monoisotopic (exact) mass is 467 g/mol. The van der Waals surface area contributed by atoms with E-state index in [1.165, 1.54) is 5.56 Å². The highest BCUT2D eigenvalue weighted by Crippen LogP contribution is 2.29. The van der Waals surface area contributed by atoms with Crippen LogP contribution in [-0.2, 0) is 10.2 Å². The quantitative estimate of drug-likeness (QED) is 0.292. The third-order valence-corrected chi connectivity index (χ3v) is 5.96. The van der Waals surface area contributed by atoms with E-state index in [4.69, 9.17) is 10.1 Å². The van der Waals surface area contributed by atoms with E-state index < -0.39 is 5.97 Å². The van der Waals surface area contributed by atoms with E-state index in [0.717, 1.165) is 45.1 Å². The highest BCUT2D eigenvalue weighted by molar-refractivity contribution is 6.06. The molecule has 0 saturated heterocycles. The number of carbonyl (C=O) groups excluding carboxylic acids is 1. The summed E-state index contributed by atoms with van der Waals surface area (Å²) in [5.74, 6) is -0.462. The number of aromatic nitrogens is 2. The van der Waals surface area contributed by atoms with Gasteiger partial charge in [0.15, 0.2) is 0 Å². The van der Waals surface area contributed by atoms with Crippen LogP contribution in [0.25, 0.3) is 28.5 Å². The third kappa shape index (κ3) is 5.32. The Kier molecular flexibility index (Phi) is 6.31. The van der Waals surface area contributed by atoms with E-state index >= 15 is 0 Å². The first-order valence-corrected chi connectivity index (χ1v) is 11.5. The first kappa shape index (κ1) is 24.0. The topological polar surface area (TPSA) is 95.1 Å². The van der Waals surface area contributed by atoms with Crippen molar-refractivity contribution in [2.45, 2.75) is 40.0 Å². The molecule has 3 aromatic carbocycles. The van der Waals surface area contributed by atoms with Crippen LogP contribution in [0.2, 0.25) is 0 Å². The molecule has 0 aliphatic heterocycles. The van der Waals surface area contributed by atoms with Crippen molar-refractivity contribution in [2.75, 3.05) is 5.32 Å². The largest absolute Gasteiger partial charge is 0.478 e. The lowest BCUT2D eigenvalue weighted by Gasteiger charge is -2.19. The minimum atomic E-state index is -0.983. The molecule has 6 heteroatoms. The van der Waals surface area contributed by atoms with Gasteiger partial charge in [0.1, 0.15) is 5.82 Å². The van der Waals surface area contributed by atoms with Crippen molar-refractivity contribution in [2.24, 2.45) is 0 Å². The molecule has 4 aromatic rings. The van der Waals surface area contributed by atoms with Crippen molar-refractivity contribution in [3.05, 3.63) is 88.5 Å². The summed E-state index contributed by atoms with van der Waals surface area (Å²) in [6, 6.07) is 17.2. The Morgan fingerprint density at radius 3 is 2.23 bits per heavy atom. The summed E-state index contributed by atoms with van der Waals surface area (Å²) in [6.07, 6.45) is 2.70. The number of carboxylic acid groups (broad SMARTS) is 1. The zero-order valence-electron chi connectivity index (χ0n) is 20.6. The fourth-order valence-electron chi connectivity index (χ4n) is 4.16. The molecule has 0 aliphatic carbocycles. The minimum absolute atomic E-state index is 0.0537. The van der Waals surface area contributed by atoms with E-state index in [2.05, 4.69) is 31.1 Å². The molecule has 0 bridgehead atoms. The molecule has 1 amide bonds. The molecule has 0 unspecified atom stereocenters. The predicted octanol–water partition coefficient (Wildman–Crippen LogP) is 6.49. The van der Waals surface area contributed by atoms with Crippen LogP contribution in [0.5, 0.6) is 0 Å². The van der Waals surface area contributed by atoms with Gasteiger partial charge in [-0.25, -0.2) is 9.78 Å². The number of aryl methyl sites for hydroxylation is 2. The molecule has 0 spiro atoms. The van der Waals surface area contributed by atoms with Gasteiger partial charge >= 0.3 is 5.97 Å². The summed E-state index contributed by atoms with van der Waals surface area (Å²) in [5.41, 5.74) is 7.80. The van der Waals surface area contributed by atoms with Gasteiger partial charge in [-0.1, -0.05) is 45.0 Å². The van der Waals surface area contributed by atoms with Crippen LogP contribution in [0, 0.1) is 13.8 Å². The SMILES string of the molecule is Cc1cc(/C=C/C(=O)O)cc(C)c1-c1nc2ccc(C(=O)Nc3ccc(C(C)(C)C)cc3)cc2[nH]1. The maximum atomic E-state index is 12.9. The van der Waals surface area contributed by atoms with Crippen LogP contribution in [0.15, 0.2) is 60.7 Å². The van der Waals surface area contributed by atoms with Crippen molar-refractivity contribution in [3.63, 3.8) is 0 Å². The van der Waals surface area contributed by atoms with E-state index in [0.29, 0.717) is 11.4 Å². The normalized spacial score (nSPS) is 11.8. The molecule has 0 saturated carbocycles. The fourth-order valence-corrected chi connectivity index (χ4v) is 4.16. The van der Waals surface area contributed by atoms with Gasteiger partial charge in [0.05, 0.1) is 11.0 Å². The van der Waals surface area contributed by atoms with Crippen molar-refractivity contribution in [1.82, 2.24) is 9.97 Å². The summed E-state index contributed by atoms with van der Waals surface area (Å²) < 4.78 is 0. The predicted molar refractivity (Wildman–Crippen MR) is 141 cm³/mol. The molecule has 0 aliphatic rings. The van der Waals surface area contributed by atoms with Crippen LogP contribution >= 0.6 is 0 Å². The molecule has 1 aromatic heterocycles. The van der Waals surface area contributed by atoms with Crippen LogP contribution < -0.4 is 5.32 Å². The summed E-state index contributed by atoms with van der Waals surface area (Å²) in [7, 11) is 0. The Morgan fingerprint density at radius 2 is 1.63 bits per heavy atom. The van der Waals surface area contributed by atoms with Crippen LogP contribution in [0.3, 0.4) is 0 Å². The van der Waals surface area contributed by atoms with Gasteiger partial charge in [-0.2, -0.15) is 0 Å². The number of fused-ring (bicyclic) bond motifs is 1. The van der Waals surface area contributed by atoms with Gasteiger partial charge in [-0.3, -0.25) is 4.79 Å². The van der Waals surface area contributed by atoms with Crippen LogP contribution in [0.1, 0.15) is 53.4 Å². The number of imidazole rings is 1. The number of carboxylic acids is 1. The summed E-state index contributed by atoms with van der Waals surface area (Å²) in [5, 5.41) is 11.8. The fraction of sp³-hybridized carbons (Fsp3) is 0.207. The van der Waals surface area contributed by atoms with Crippen molar-refractivity contribution in [3.8, 4) is 11.4 Å².